The first-order chi connectivity index (χ1) is 8.70. The van der Waals surface area contributed by atoms with Gasteiger partial charge in [-0.3, -0.25) is 4.98 Å². The summed E-state index contributed by atoms with van der Waals surface area (Å²) in [4.78, 5) is 4.39. The molecule has 0 bridgehead atoms. The van der Waals surface area contributed by atoms with Gasteiger partial charge < -0.3 is 10.5 Å². The molecular formula is C15H24N2O. The van der Waals surface area contributed by atoms with Crippen LogP contribution in [0.15, 0.2) is 18.3 Å². The van der Waals surface area contributed by atoms with Crippen LogP contribution in [-0.2, 0) is 0 Å². The molecular weight excluding hydrogens is 224 g/mol. The maximum atomic E-state index is 6.03. The van der Waals surface area contributed by atoms with Gasteiger partial charge in [0.05, 0.1) is 11.9 Å². The molecule has 1 aromatic heterocycles. The van der Waals surface area contributed by atoms with E-state index in [9.17, 15) is 0 Å². The van der Waals surface area contributed by atoms with Crippen molar-refractivity contribution >= 4 is 0 Å². The van der Waals surface area contributed by atoms with Crippen LogP contribution < -0.4 is 10.5 Å². The minimum Gasteiger partial charge on any atom is -0.489 e. The molecule has 3 heteroatoms. The lowest BCUT2D eigenvalue weighted by Gasteiger charge is -2.29. The average Bonchev–Trinajstić information content (AvgIpc) is 2.41. The second kappa shape index (κ2) is 6.19. The highest BCUT2D eigenvalue weighted by molar-refractivity contribution is 5.21. The molecule has 1 aromatic rings. The molecule has 2 N–H and O–H groups in total. The van der Waals surface area contributed by atoms with Gasteiger partial charge in [-0.1, -0.05) is 20.3 Å². The molecule has 0 amide bonds. The highest BCUT2D eigenvalue weighted by Crippen LogP contribution is 2.28. The van der Waals surface area contributed by atoms with Gasteiger partial charge in [-0.15, -0.1) is 0 Å². The molecule has 1 aliphatic rings. The minimum atomic E-state index is 0.0349. The lowest BCUT2D eigenvalue weighted by molar-refractivity contribution is 0.102. The van der Waals surface area contributed by atoms with E-state index in [1.165, 1.54) is 19.3 Å². The van der Waals surface area contributed by atoms with Crippen LogP contribution in [0.4, 0.5) is 0 Å². The van der Waals surface area contributed by atoms with E-state index in [1.807, 2.05) is 18.3 Å². The zero-order valence-corrected chi connectivity index (χ0v) is 11.4. The summed E-state index contributed by atoms with van der Waals surface area (Å²) in [6.07, 6.45) is 8.13. The molecule has 3 nitrogen and oxygen atoms in total. The first kappa shape index (κ1) is 13.3. The summed E-state index contributed by atoms with van der Waals surface area (Å²) in [7, 11) is 0. The predicted molar refractivity (Wildman–Crippen MR) is 73.5 cm³/mol. The molecule has 1 saturated carbocycles. The van der Waals surface area contributed by atoms with Gasteiger partial charge >= 0.3 is 0 Å². The van der Waals surface area contributed by atoms with Gasteiger partial charge in [-0.25, -0.2) is 0 Å². The van der Waals surface area contributed by atoms with Crippen molar-refractivity contribution < 1.29 is 4.74 Å². The molecule has 1 aliphatic carbocycles. The fraction of sp³-hybridized carbons (Fsp3) is 0.667. The standard InChI is InChI=1S/C15H24N2O/c1-3-13(16)14-9-8-12(10-17-14)18-15-7-5-4-6-11(15)2/h8-11,13,15H,3-7,16H2,1-2H3/t11?,13-,15?/m1/s1. The van der Waals surface area contributed by atoms with Crippen molar-refractivity contribution in [1.29, 1.82) is 0 Å². The third kappa shape index (κ3) is 3.22. The van der Waals surface area contributed by atoms with Gasteiger partial charge in [-0.2, -0.15) is 0 Å². The molecule has 100 valence electrons. The number of ether oxygens (including phenoxy) is 1. The molecule has 0 aliphatic heterocycles. The van der Waals surface area contributed by atoms with Crippen LogP contribution in [-0.4, -0.2) is 11.1 Å². The highest BCUT2D eigenvalue weighted by Gasteiger charge is 2.22. The maximum absolute atomic E-state index is 6.03. The van der Waals surface area contributed by atoms with E-state index >= 15 is 0 Å². The number of rotatable bonds is 4. The lowest BCUT2D eigenvalue weighted by Crippen LogP contribution is -2.28. The number of hydrogen-bond acceptors (Lipinski definition) is 3. The van der Waals surface area contributed by atoms with E-state index in [1.54, 1.807) is 0 Å². The quantitative estimate of drug-likeness (QED) is 0.887. The van der Waals surface area contributed by atoms with Crippen molar-refractivity contribution in [3.05, 3.63) is 24.0 Å². The zero-order chi connectivity index (χ0) is 13.0. The highest BCUT2D eigenvalue weighted by atomic mass is 16.5. The average molecular weight is 248 g/mol. The van der Waals surface area contributed by atoms with Crippen molar-refractivity contribution in [2.75, 3.05) is 0 Å². The Labute approximate surface area is 110 Å². The second-order valence-corrected chi connectivity index (χ2v) is 5.35. The number of nitrogens with zero attached hydrogens (tertiary/aromatic N) is 1. The first-order valence-electron chi connectivity index (χ1n) is 7.09. The molecule has 0 saturated heterocycles. The smallest absolute Gasteiger partial charge is 0.138 e. The van der Waals surface area contributed by atoms with Crippen LogP contribution in [0, 0.1) is 5.92 Å². The minimum absolute atomic E-state index is 0.0349. The normalized spacial score (nSPS) is 25.7. The lowest BCUT2D eigenvalue weighted by atomic mass is 9.88. The first-order valence-corrected chi connectivity index (χ1v) is 7.09. The maximum Gasteiger partial charge on any atom is 0.138 e. The van der Waals surface area contributed by atoms with Crippen molar-refractivity contribution in [1.82, 2.24) is 4.98 Å². The van der Waals surface area contributed by atoms with E-state index < -0.39 is 0 Å². The number of aromatic nitrogens is 1. The van der Waals surface area contributed by atoms with E-state index in [2.05, 4.69) is 18.8 Å². The van der Waals surface area contributed by atoms with E-state index in [0.29, 0.717) is 12.0 Å². The van der Waals surface area contributed by atoms with Gasteiger partial charge in [0.25, 0.3) is 0 Å². The summed E-state index contributed by atoms with van der Waals surface area (Å²) >= 11 is 0. The summed E-state index contributed by atoms with van der Waals surface area (Å²) in [6.45, 7) is 4.35. The Morgan fingerprint density at radius 1 is 1.39 bits per heavy atom. The summed E-state index contributed by atoms with van der Waals surface area (Å²) in [5, 5.41) is 0. The zero-order valence-electron chi connectivity index (χ0n) is 11.4. The largest absolute Gasteiger partial charge is 0.489 e. The number of pyridine rings is 1. The monoisotopic (exact) mass is 248 g/mol. The van der Waals surface area contributed by atoms with Gasteiger partial charge in [0.15, 0.2) is 0 Å². The van der Waals surface area contributed by atoms with Crippen LogP contribution in [0.2, 0.25) is 0 Å². The number of hydrogen-bond donors (Lipinski definition) is 1. The van der Waals surface area contributed by atoms with Crippen LogP contribution in [0.3, 0.4) is 0 Å². The van der Waals surface area contributed by atoms with E-state index in [-0.39, 0.29) is 6.04 Å². The van der Waals surface area contributed by atoms with Crippen molar-refractivity contribution in [3.8, 4) is 5.75 Å². The SMILES string of the molecule is CC[C@@H](N)c1ccc(OC2CCCCC2C)cn1. The third-order valence-electron chi connectivity index (χ3n) is 3.90. The Bertz CT molecular complexity index is 363. The molecule has 0 aromatic carbocycles. The summed E-state index contributed by atoms with van der Waals surface area (Å²) < 4.78 is 6.03. The van der Waals surface area contributed by atoms with Crippen molar-refractivity contribution in [2.24, 2.45) is 11.7 Å². The molecule has 0 spiro atoms. The number of nitrogens with two attached hydrogens (primary N) is 1. The van der Waals surface area contributed by atoms with Crippen LogP contribution in [0.5, 0.6) is 5.75 Å². The van der Waals surface area contributed by atoms with Crippen molar-refractivity contribution in [2.45, 2.75) is 58.1 Å². The van der Waals surface area contributed by atoms with Crippen LogP contribution in [0.1, 0.15) is 57.7 Å². The molecule has 2 rings (SSSR count). The third-order valence-corrected chi connectivity index (χ3v) is 3.90. The van der Waals surface area contributed by atoms with Crippen LogP contribution >= 0.6 is 0 Å². The molecule has 3 atom stereocenters. The Balaban J connectivity index is 1.97. The summed E-state index contributed by atoms with van der Waals surface area (Å²) in [5.41, 5.74) is 6.89. The molecule has 1 fully saturated rings. The summed E-state index contributed by atoms with van der Waals surface area (Å²) in [6, 6.07) is 4.02. The predicted octanol–water partition coefficient (Wildman–Crippen LogP) is 3.45. The molecule has 18 heavy (non-hydrogen) atoms. The fourth-order valence-electron chi connectivity index (χ4n) is 2.52. The Kier molecular flexibility index (Phi) is 4.59. The van der Waals surface area contributed by atoms with Gasteiger partial charge in [-0.05, 0) is 43.7 Å². The molecule has 2 unspecified atom stereocenters. The van der Waals surface area contributed by atoms with E-state index in [0.717, 1.165) is 24.3 Å². The second-order valence-electron chi connectivity index (χ2n) is 5.35. The topological polar surface area (TPSA) is 48.1 Å². The van der Waals surface area contributed by atoms with Crippen LogP contribution in [0.25, 0.3) is 0 Å². The Hall–Kier alpha value is -1.09. The molecule has 0 radical (unpaired) electrons. The fourth-order valence-corrected chi connectivity index (χ4v) is 2.52. The van der Waals surface area contributed by atoms with Crippen molar-refractivity contribution in [3.63, 3.8) is 0 Å². The van der Waals surface area contributed by atoms with Gasteiger partial charge in [0.2, 0.25) is 0 Å². The van der Waals surface area contributed by atoms with E-state index in [4.69, 9.17) is 10.5 Å². The summed E-state index contributed by atoms with van der Waals surface area (Å²) in [5.74, 6) is 1.53. The van der Waals surface area contributed by atoms with Gasteiger partial charge in [0.1, 0.15) is 11.9 Å². The Morgan fingerprint density at radius 2 is 2.17 bits per heavy atom. The molecule has 1 heterocycles. The Morgan fingerprint density at radius 3 is 2.78 bits per heavy atom. The van der Waals surface area contributed by atoms with Gasteiger partial charge in [0, 0.05) is 6.04 Å².